The molecule has 0 radical (unpaired) electrons. The van der Waals surface area contributed by atoms with E-state index in [1.807, 2.05) is 0 Å². The molecule has 2 rings (SSSR count). The second-order valence-electron chi connectivity index (χ2n) is 6.30. The Morgan fingerprint density at radius 1 is 1.33 bits per heavy atom. The summed E-state index contributed by atoms with van der Waals surface area (Å²) in [6, 6.07) is -0.908. The van der Waals surface area contributed by atoms with Gasteiger partial charge in [0.1, 0.15) is 6.04 Å². The number of hydrogen-bond donors (Lipinski definition) is 2. The zero-order valence-corrected chi connectivity index (χ0v) is 12.8. The van der Waals surface area contributed by atoms with E-state index in [1.165, 1.54) is 4.90 Å². The monoisotopic (exact) mass is 298 g/mol. The van der Waals surface area contributed by atoms with Crippen LogP contribution in [0.25, 0.3) is 0 Å². The van der Waals surface area contributed by atoms with Crippen LogP contribution >= 0.6 is 0 Å². The number of carbonyl (C=O) groups is 2. The van der Waals surface area contributed by atoms with Gasteiger partial charge >= 0.3 is 12.0 Å². The van der Waals surface area contributed by atoms with Crippen LogP contribution in [0.15, 0.2) is 0 Å². The first kappa shape index (κ1) is 16.1. The Morgan fingerprint density at radius 2 is 2.10 bits per heavy atom. The minimum Gasteiger partial charge on any atom is -0.480 e. The minimum atomic E-state index is -0.896. The van der Waals surface area contributed by atoms with Crippen LogP contribution in [-0.2, 0) is 9.53 Å². The highest BCUT2D eigenvalue weighted by molar-refractivity contribution is 5.82. The zero-order valence-electron chi connectivity index (χ0n) is 12.8. The summed E-state index contributed by atoms with van der Waals surface area (Å²) in [5.74, 6) is -0.896. The second-order valence-corrected chi connectivity index (χ2v) is 6.30. The lowest BCUT2D eigenvalue weighted by atomic mass is 10.0. The van der Waals surface area contributed by atoms with Gasteiger partial charge in [0.05, 0.1) is 0 Å². The van der Waals surface area contributed by atoms with Crippen LogP contribution in [0.1, 0.15) is 44.9 Å². The van der Waals surface area contributed by atoms with Crippen LogP contribution < -0.4 is 5.32 Å². The lowest BCUT2D eigenvalue weighted by Gasteiger charge is -2.28. The summed E-state index contributed by atoms with van der Waals surface area (Å²) in [5.41, 5.74) is 0.177. The minimum absolute atomic E-state index is 0.177. The van der Waals surface area contributed by atoms with Gasteiger partial charge in [-0.05, 0) is 37.5 Å². The molecule has 2 aliphatic rings. The smallest absolute Gasteiger partial charge is 0.326 e. The predicted molar refractivity (Wildman–Crippen MR) is 78.2 cm³/mol. The molecule has 2 N–H and O–H groups in total. The molecule has 6 heteroatoms. The van der Waals surface area contributed by atoms with E-state index in [9.17, 15) is 14.7 Å². The van der Waals surface area contributed by atoms with Crippen molar-refractivity contribution in [3.05, 3.63) is 0 Å². The number of likely N-dealkylation sites (tertiary alicyclic amines) is 1. The number of hydrogen-bond acceptors (Lipinski definition) is 3. The standard InChI is InChI=1S/C15H26N2O4/c1-21-10-8-15(6-7-15)11-16-14(20)17-9-4-2-3-5-12(17)13(18)19/h12H,2-11H2,1H3,(H,16,20)(H,18,19). The molecule has 1 aliphatic heterocycles. The van der Waals surface area contributed by atoms with Gasteiger partial charge in [0.15, 0.2) is 0 Å². The maximum atomic E-state index is 12.3. The van der Waals surface area contributed by atoms with E-state index in [1.54, 1.807) is 7.11 Å². The highest BCUT2D eigenvalue weighted by atomic mass is 16.5. The van der Waals surface area contributed by atoms with Gasteiger partial charge in [-0.2, -0.15) is 0 Å². The fourth-order valence-corrected chi connectivity index (χ4v) is 2.98. The number of aliphatic carboxylic acids is 1. The molecule has 2 fully saturated rings. The third-order valence-corrected chi connectivity index (χ3v) is 4.71. The third-order valence-electron chi connectivity index (χ3n) is 4.71. The van der Waals surface area contributed by atoms with Crippen LogP contribution in [0, 0.1) is 5.41 Å². The molecule has 1 atom stereocenters. The average molecular weight is 298 g/mol. The third kappa shape index (κ3) is 4.33. The van der Waals surface area contributed by atoms with Gasteiger partial charge in [-0.15, -0.1) is 0 Å². The number of amides is 2. The van der Waals surface area contributed by atoms with E-state index in [4.69, 9.17) is 4.74 Å². The van der Waals surface area contributed by atoms with Crippen molar-refractivity contribution < 1.29 is 19.4 Å². The molecule has 1 unspecified atom stereocenters. The molecule has 1 saturated carbocycles. The zero-order chi connectivity index (χ0) is 15.3. The second kappa shape index (κ2) is 7.11. The Bertz CT molecular complexity index is 382. The van der Waals surface area contributed by atoms with Crippen LogP contribution in [-0.4, -0.2) is 54.9 Å². The van der Waals surface area contributed by atoms with Gasteiger partial charge in [0.25, 0.3) is 0 Å². The lowest BCUT2D eigenvalue weighted by Crippen LogP contribution is -2.50. The van der Waals surface area contributed by atoms with Crippen molar-refractivity contribution in [2.75, 3.05) is 26.8 Å². The van der Waals surface area contributed by atoms with Crippen molar-refractivity contribution in [2.24, 2.45) is 5.41 Å². The van der Waals surface area contributed by atoms with Crippen LogP contribution in [0.4, 0.5) is 4.79 Å². The maximum Gasteiger partial charge on any atom is 0.326 e. The van der Waals surface area contributed by atoms with Crippen molar-refractivity contribution in [1.29, 1.82) is 0 Å². The van der Waals surface area contributed by atoms with E-state index in [0.29, 0.717) is 26.1 Å². The molecule has 1 aliphatic carbocycles. The van der Waals surface area contributed by atoms with Gasteiger partial charge in [-0.1, -0.05) is 12.8 Å². The van der Waals surface area contributed by atoms with Crippen molar-refractivity contribution in [2.45, 2.75) is 51.0 Å². The first-order valence-electron chi connectivity index (χ1n) is 7.84. The number of rotatable bonds is 6. The number of urea groups is 1. The lowest BCUT2D eigenvalue weighted by molar-refractivity contribution is -0.142. The van der Waals surface area contributed by atoms with E-state index in [2.05, 4.69) is 5.32 Å². The van der Waals surface area contributed by atoms with Crippen LogP contribution in [0.2, 0.25) is 0 Å². The normalized spacial score (nSPS) is 24.2. The molecule has 0 aromatic heterocycles. The van der Waals surface area contributed by atoms with Crippen molar-refractivity contribution in [1.82, 2.24) is 10.2 Å². The molecule has 1 saturated heterocycles. The highest BCUT2D eigenvalue weighted by Crippen LogP contribution is 2.48. The molecular formula is C15H26N2O4. The number of methoxy groups -OCH3 is 1. The fourth-order valence-electron chi connectivity index (χ4n) is 2.98. The molecule has 0 bridgehead atoms. The molecule has 0 aromatic rings. The highest BCUT2D eigenvalue weighted by Gasteiger charge is 2.42. The molecule has 2 amide bonds. The van der Waals surface area contributed by atoms with E-state index >= 15 is 0 Å². The Kier molecular flexibility index (Phi) is 5.45. The first-order chi connectivity index (χ1) is 10.1. The summed E-state index contributed by atoms with van der Waals surface area (Å²) in [6.45, 7) is 1.86. The summed E-state index contributed by atoms with van der Waals surface area (Å²) in [7, 11) is 1.68. The summed E-state index contributed by atoms with van der Waals surface area (Å²) in [4.78, 5) is 25.2. The first-order valence-corrected chi connectivity index (χ1v) is 7.84. The SMILES string of the molecule is COCCC1(CNC(=O)N2CCCCCC2C(=O)O)CC1. The molecule has 6 nitrogen and oxygen atoms in total. The Morgan fingerprint density at radius 3 is 2.71 bits per heavy atom. The van der Waals surface area contributed by atoms with E-state index < -0.39 is 12.0 Å². The van der Waals surface area contributed by atoms with Crippen LogP contribution in [0.5, 0.6) is 0 Å². The van der Waals surface area contributed by atoms with Crippen molar-refractivity contribution >= 4 is 12.0 Å². The topological polar surface area (TPSA) is 78.9 Å². The molecule has 120 valence electrons. The summed E-state index contributed by atoms with van der Waals surface area (Å²) < 4.78 is 5.11. The number of ether oxygens (including phenoxy) is 1. The molecule has 1 heterocycles. The summed E-state index contributed by atoms with van der Waals surface area (Å²) in [5, 5.41) is 12.2. The summed E-state index contributed by atoms with van der Waals surface area (Å²) >= 11 is 0. The number of nitrogens with one attached hydrogen (secondary N) is 1. The fraction of sp³-hybridized carbons (Fsp3) is 0.867. The Balaban J connectivity index is 1.87. The van der Waals surface area contributed by atoms with Crippen molar-refractivity contribution in [3.63, 3.8) is 0 Å². The van der Waals surface area contributed by atoms with Crippen LogP contribution in [0.3, 0.4) is 0 Å². The largest absolute Gasteiger partial charge is 0.480 e. The van der Waals surface area contributed by atoms with Gasteiger partial charge in [-0.25, -0.2) is 9.59 Å². The van der Waals surface area contributed by atoms with Gasteiger partial charge in [0, 0.05) is 26.8 Å². The molecular weight excluding hydrogens is 272 g/mol. The van der Waals surface area contributed by atoms with Gasteiger partial charge < -0.3 is 20.1 Å². The Hall–Kier alpha value is -1.30. The Labute approximate surface area is 125 Å². The summed E-state index contributed by atoms with van der Waals surface area (Å²) in [6.07, 6.45) is 6.47. The maximum absolute atomic E-state index is 12.3. The van der Waals surface area contributed by atoms with E-state index in [-0.39, 0.29) is 11.4 Å². The van der Waals surface area contributed by atoms with Gasteiger partial charge in [-0.3, -0.25) is 0 Å². The molecule has 21 heavy (non-hydrogen) atoms. The predicted octanol–water partition coefficient (Wildman–Crippen LogP) is 1.84. The average Bonchev–Trinajstić information content (AvgIpc) is 3.26. The molecule has 0 spiro atoms. The number of carboxylic acid groups (broad SMARTS) is 1. The molecule has 0 aromatic carbocycles. The van der Waals surface area contributed by atoms with Gasteiger partial charge in [0.2, 0.25) is 0 Å². The quantitative estimate of drug-likeness (QED) is 0.784. The van der Waals surface area contributed by atoms with Crippen molar-refractivity contribution in [3.8, 4) is 0 Å². The van der Waals surface area contributed by atoms with E-state index in [0.717, 1.165) is 38.5 Å². The number of nitrogens with zero attached hydrogens (tertiary/aromatic N) is 1. The number of carbonyl (C=O) groups excluding carboxylic acids is 1. The number of carboxylic acids is 1.